The van der Waals surface area contributed by atoms with Crippen LogP contribution in [-0.2, 0) is 16.1 Å². The molecule has 114 valence electrons. The average molecular weight is 313 g/mol. The maximum atomic E-state index is 11.6. The Bertz CT molecular complexity index is 706. The van der Waals surface area contributed by atoms with E-state index in [1.165, 1.54) is 10.8 Å². The summed E-state index contributed by atoms with van der Waals surface area (Å²) in [6, 6.07) is 14.5. The Balaban J connectivity index is 1.73. The number of rotatable bonds is 6. The fraction of sp³-hybridized carbons (Fsp3) is 0.278. The van der Waals surface area contributed by atoms with E-state index in [4.69, 9.17) is 4.74 Å². The van der Waals surface area contributed by atoms with E-state index in [2.05, 4.69) is 35.8 Å². The third-order valence-corrected chi connectivity index (χ3v) is 4.46. The van der Waals surface area contributed by atoms with Crippen LogP contribution in [0.5, 0.6) is 0 Å². The van der Waals surface area contributed by atoms with E-state index in [9.17, 15) is 4.79 Å². The van der Waals surface area contributed by atoms with Crippen LogP contribution in [0.1, 0.15) is 12.0 Å². The Hall–Kier alpha value is -1.94. The molecule has 2 aromatic carbocycles. The predicted molar refractivity (Wildman–Crippen MR) is 91.7 cm³/mol. The number of benzene rings is 2. The highest BCUT2D eigenvalue weighted by Crippen LogP contribution is 2.22. The molecule has 1 unspecified atom stereocenters. The summed E-state index contributed by atoms with van der Waals surface area (Å²) in [6.07, 6.45) is 4.54. The van der Waals surface area contributed by atoms with Crippen molar-refractivity contribution >= 4 is 28.4 Å². The van der Waals surface area contributed by atoms with Gasteiger partial charge in [-0.25, -0.2) is 0 Å². The first-order chi connectivity index (χ1) is 10.8. The van der Waals surface area contributed by atoms with E-state index in [-0.39, 0.29) is 11.9 Å². The fourth-order valence-corrected chi connectivity index (χ4v) is 3.16. The smallest absolute Gasteiger partial charge is 0.248 e. The number of amides is 1. The average Bonchev–Trinajstić information content (AvgIpc) is 2.90. The Morgan fingerprint density at radius 2 is 2.00 bits per heavy atom. The van der Waals surface area contributed by atoms with E-state index in [1.807, 2.05) is 18.2 Å². The van der Waals surface area contributed by atoms with Crippen molar-refractivity contribution in [2.45, 2.75) is 19.1 Å². The van der Waals surface area contributed by atoms with Crippen LogP contribution in [0.3, 0.4) is 0 Å². The van der Waals surface area contributed by atoms with Crippen LogP contribution in [-0.4, -0.2) is 24.0 Å². The molecule has 1 aliphatic heterocycles. The van der Waals surface area contributed by atoms with Crippen molar-refractivity contribution in [1.82, 2.24) is 5.32 Å². The first-order valence-corrected chi connectivity index (χ1v) is 8.78. The third kappa shape index (κ3) is 3.28. The molecule has 0 aromatic heterocycles. The summed E-state index contributed by atoms with van der Waals surface area (Å²) in [7, 11) is 0. The summed E-state index contributed by atoms with van der Waals surface area (Å²) < 4.78 is 5.95. The molecule has 0 saturated carbocycles. The quantitative estimate of drug-likeness (QED) is 0.887. The normalized spacial score (nSPS) is 17.4. The van der Waals surface area contributed by atoms with Crippen LogP contribution < -0.4 is 5.32 Å². The van der Waals surface area contributed by atoms with Gasteiger partial charge in [0, 0.05) is 6.08 Å². The lowest BCUT2D eigenvalue weighted by atomic mass is 10.1. The number of carbonyl (C=O) groups is 1. The molecule has 1 N–H and O–H groups in total. The van der Waals surface area contributed by atoms with Gasteiger partial charge in [-0.05, 0) is 34.8 Å². The van der Waals surface area contributed by atoms with Gasteiger partial charge >= 0.3 is 0 Å². The van der Waals surface area contributed by atoms with Crippen molar-refractivity contribution < 1.29 is 9.53 Å². The summed E-state index contributed by atoms with van der Waals surface area (Å²) in [5, 5.41) is 5.35. The molecule has 2 aromatic rings. The molecule has 1 aliphatic rings. The molecule has 0 fully saturated rings. The third-order valence-electron chi connectivity index (χ3n) is 3.82. The van der Waals surface area contributed by atoms with E-state index >= 15 is 0 Å². The van der Waals surface area contributed by atoms with Crippen LogP contribution in [0.4, 0.5) is 0 Å². The minimum absolute atomic E-state index is 0.00919. The van der Waals surface area contributed by atoms with Crippen LogP contribution in [0.15, 0.2) is 54.3 Å². The van der Waals surface area contributed by atoms with Crippen molar-refractivity contribution in [3.8, 4) is 0 Å². The number of carbonyl (C=O) groups excluding carboxylic acids is 1. The van der Waals surface area contributed by atoms with Gasteiger partial charge in [0.15, 0.2) is 0 Å². The van der Waals surface area contributed by atoms with E-state index in [0.29, 0.717) is 6.61 Å². The lowest BCUT2D eigenvalue weighted by Crippen LogP contribution is -2.29. The molecule has 3 nitrogen and oxygen atoms in total. The van der Waals surface area contributed by atoms with Gasteiger partial charge in [-0.15, -0.1) is 0 Å². The Morgan fingerprint density at radius 1 is 1.18 bits per heavy atom. The minimum Gasteiger partial charge on any atom is -0.491 e. The number of ether oxygens (including phenoxy) is 1. The molecule has 0 aliphatic carbocycles. The summed E-state index contributed by atoms with van der Waals surface area (Å²) in [4.78, 5) is 11.6. The standard InChI is InChI=1S/C18H19NO2S/c1-22-10-9-16-17(11-18(20)19-16)21-12-14-7-4-6-13-5-2-3-8-15(13)14/h2-8,11,16H,9-10,12H2,1H3,(H,19,20). The summed E-state index contributed by atoms with van der Waals surface area (Å²) >= 11 is 1.77. The van der Waals surface area contributed by atoms with Gasteiger partial charge in [0.2, 0.25) is 5.91 Å². The number of thioether (sulfide) groups is 1. The molecular weight excluding hydrogens is 294 g/mol. The van der Waals surface area contributed by atoms with Crippen LogP contribution in [0, 0.1) is 0 Å². The second-order valence-electron chi connectivity index (χ2n) is 5.32. The van der Waals surface area contributed by atoms with Gasteiger partial charge in [-0.2, -0.15) is 11.8 Å². The molecule has 4 heteroatoms. The van der Waals surface area contributed by atoms with Crippen molar-refractivity contribution in [1.29, 1.82) is 0 Å². The molecule has 22 heavy (non-hydrogen) atoms. The second-order valence-corrected chi connectivity index (χ2v) is 6.30. The Kier molecular flexibility index (Phi) is 4.68. The molecule has 1 amide bonds. The zero-order valence-corrected chi connectivity index (χ0v) is 13.4. The maximum Gasteiger partial charge on any atom is 0.248 e. The molecule has 1 heterocycles. The van der Waals surface area contributed by atoms with Gasteiger partial charge in [-0.1, -0.05) is 42.5 Å². The largest absolute Gasteiger partial charge is 0.491 e. The van der Waals surface area contributed by atoms with E-state index < -0.39 is 0 Å². The minimum atomic E-state index is -0.0565. The summed E-state index contributed by atoms with van der Waals surface area (Å²) in [5.41, 5.74) is 1.14. The highest BCUT2D eigenvalue weighted by molar-refractivity contribution is 7.98. The number of hydrogen-bond donors (Lipinski definition) is 1. The fourth-order valence-electron chi connectivity index (χ4n) is 2.69. The lowest BCUT2D eigenvalue weighted by Gasteiger charge is -2.16. The topological polar surface area (TPSA) is 38.3 Å². The molecule has 1 atom stereocenters. The SMILES string of the molecule is CSCCC1NC(=O)C=C1OCc1cccc2ccccc12. The number of nitrogens with one attached hydrogen (secondary N) is 1. The maximum absolute atomic E-state index is 11.6. The number of fused-ring (bicyclic) bond motifs is 1. The highest BCUT2D eigenvalue weighted by Gasteiger charge is 2.24. The van der Waals surface area contributed by atoms with Gasteiger partial charge in [-0.3, -0.25) is 4.79 Å². The van der Waals surface area contributed by atoms with Gasteiger partial charge in [0.25, 0.3) is 0 Å². The molecule has 0 saturated heterocycles. The first kappa shape index (κ1) is 15.0. The highest BCUT2D eigenvalue weighted by atomic mass is 32.2. The molecule has 0 spiro atoms. The van der Waals surface area contributed by atoms with Crippen LogP contribution >= 0.6 is 11.8 Å². The molecular formula is C18H19NO2S. The predicted octanol–water partition coefficient (Wildman–Crippen LogP) is 3.49. The van der Waals surface area contributed by atoms with Gasteiger partial charge in [0.1, 0.15) is 12.4 Å². The second kappa shape index (κ2) is 6.88. The zero-order valence-electron chi connectivity index (χ0n) is 12.5. The molecule has 0 radical (unpaired) electrons. The van der Waals surface area contributed by atoms with Crippen molar-refractivity contribution in [3.63, 3.8) is 0 Å². The van der Waals surface area contributed by atoms with E-state index in [1.54, 1.807) is 17.8 Å². The molecule has 3 rings (SSSR count). The van der Waals surface area contributed by atoms with E-state index in [0.717, 1.165) is 23.5 Å². The number of hydrogen-bond acceptors (Lipinski definition) is 3. The zero-order chi connectivity index (χ0) is 15.4. The van der Waals surface area contributed by atoms with Crippen molar-refractivity contribution in [2.24, 2.45) is 0 Å². The molecule has 0 bridgehead atoms. The monoisotopic (exact) mass is 313 g/mol. The Labute approximate surface area is 134 Å². The lowest BCUT2D eigenvalue weighted by molar-refractivity contribution is -0.116. The van der Waals surface area contributed by atoms with Crippen LogP contribution in [0.2, 0.25) is 0 Å². The summed E-state index contributed by atoms with van der Waals surface area (Å²) in [5.74, 6) is 1.70. The van der Waals surface area contributed by atoms with Gasteiger partial charge < -0.3 is 10.1 Å². The first-order valence-electron chi connectivity index (χ1n) is 7.38. The Morgan fingerprint density at radius 3 is 2.86 bits per heavy atom. The van der Waals surface area contributed by atoms with Crippen LogP contribution in [0.25, 0.3) is 10.8 Å². The van der Waals surface area contributed by atoms with Crippen molar-refractivity contribution in [3.05, 3.63) is 59.9 Å². The van der Waals surface area contributed by atoms with Crippen molar-refractivity contribution in [2.75, 3.05) is 12.0 Å². The van der Waals surface area contributed by atoms with Gasteiger partial charge in [0.05, 0.1) is 6.04 Å². The summed E-state index contributed by atoms with van der Waals surface area (Å²) in [6.45, 7) is 0.484.